The molecule has 0 saturated heterocycles. The van der Waals surface area contributed by atoms with E-state index < -0.39 is 35.3 Å². The van der Waals surface area contributed by atoms with Gasteiger partial charge in [-0.3, -0.25) is 0 Å². The van der Waals surface area contributed by atoms with Gasteiger partial charge in [-0.1, -0.05) is 12.1 Å². The summed E-state index contributed by atoms with van der Waals surface area (Å²) in [4.78, 5) is 0. The van der Waals surface area contributed by atoms with Gasteiger partial charge in [0.1, 0.15) is 0 Å². The Morgan fingerprint density at radius 1 is 1.00 bits per heavy atom. The molecule has 0 aliphatic heterocycles. The molecule has 0 bridgehead atoms. The first-order chi connectivity index (χ1) is 7.59. The Morgan fingerprint density at radius 2 is 1.53 bits per heavy atom. The van der Waals surface area contributed by atoms with E-state index in [1.54, 1.807) is 0 Å². The van der Waals surface area contributed by atoms with Crippen LogP contribution in [-0.2, 0) is 0 Å². The van der Waals surface area contributed by atoms with E-state index in [-0.39, 0.29) is 0 Å². The fraction of sp³-hybridized carbons (Fsp3) is 0.333. The first-order valence-electron chi connectivity index (χ1n) is 4.18. The predicted octanol–water partition coefficient (Wildman–Crippen LogP) is 3.31. The van der Waals surface area contributed by atoms with Gasteiger partial charge in [-0.05, 0) is 6.07 Å². The highest BCUT2D eigenvalue weighted by atomic mass is 19.4. The number of phenols is 2. The van der Waals surface area contributed by atoms with Crippen LogP contribution in [0.2, 0.25) is 0 Å². The van der Waals surface area contributed by atoms with Crippen molar-refractivity contribution in [2.45, 2.75) is 18.3 Å². The molecule has 0 heterocycles. The Balaban J connectivity index is 3.22. The molecular weight excluding hydrogens is 254 g/mol. The average Bonchev–Trinajstić information content (AvgIpc) is 2.19. The molecule has 1 unspecified atom stereocenters. The molecule has 1 aromatic carbocycles. The van der Waals surface area contributed by atoms with Crippen LogP contribution in [0.4, 0.5) is 26.3 Å². The van der Waals surface area contributed by atoms with E-state index in [1.807, 2.05) is 0 Å². The van der Waals surface area contributed by atoms with Crippen molar-refractivity contribution in [2.75, 3.05) is 0 Å². The molecule has 2 nitrogen and oxygen atoms in total. The summed E-state index contributed by atoms with van der Waals surface area (Å²) >= 11 is 0. The highest BCUT2D eigenvalue weighted by Crippen LogP contribution is 2.49. The smallest absolute Gasteiger partial charge is 0.456 e. The summed E-state index contributed by atoms with van der Waals surface area (Å²) in [5.74, 6) is -7.98. The van der Waals surface area contributed by atoms with Crippen LogP contribution in [0.15, 0.2) is 18.2 Å². The van der Waals surface area contributed by atoms with E-state index in [1.165, 1.54) is 0 Å². The van der Waals surface area contributed by atoms with Crippen molar-refractivity contribution in [3.8, 4) is 11.5 Å². The lowest BCUT2D eigenvalue weighted by Crippen LogP contribution is -2.40. The summed E-state index contributed by atoms with van der Waals surface area (Å²) in [5, 5.41) is 17.9. The van der Waals surface area contributed by atoms with E-state index in [2.05, 4.69) is 0 Å². The zero-order valence-electron chi connectivity index (χ0n) is 7.97. The van der Waals surface area contributed by atoms with Gasteiger partial charge in [0.15, 0.2) is 11.5 Å². The van der Waals surface area contributed by atoms with Gasteiger partial charge >= 0.3 is 12.1 Å². The van der Waals surface area contributed by atoms with Crippen molar-refractivity contribution < 1.29 is 36.6 Å². The zero-order valence-corrected chi connectivity index (χ0v) is 7.97. The number of aromatic hydroxyl groups is 2. The summed E-state index contributed by atoms with van der Waals surface area (Å²) in [5.41, 5.74) is -1.33. The van der Waals surface area contributed by atoms with Gasteiger partial charge in [-0.25, -0.2) is 4.39 Å². The van der Waals surface area contributed by atoms with E-state index in [4.69, 9.17) is 10.2 Å². The van der Waals surface area contributed by atoms with E-state index in [0.29, 0.717) is 6.07 Å². The van der Waals surface area contributed by atoms with Crippen molar-refractivity contribution in [1.82, 2.24) is 0 Å². The Bertz CT molecular complexity index is 414. The summed E-state index contributed by atoms with van der Waals surface area (Å²) in [6, 6.07) is 2.18. The van der Waals surface area contributed by atoms with Crippen LogP contribution < -0.4 is 0 Å². The highest BCUT2D eigenvalue weighted by Gasteiger charge is 2.64. The number of rotatable bonds is 2. The summed E-state index contributed by atoms with van der Waals surface area (Å²) in [7, 11) is 0. The average molecular weight is 260 g/mol. The molecule has 17 heavy (non-hydrogen) atoms. The maximum absolute atomic E-state index is 13.1. The molecule has 0 aliphatic rings. The van der Waals surface area contributed by atoms with Crippen molar-refractivity contribution in [3.05, 3.63) is 23.8 Å². The van der Waals surface area contributed by atoms with Gasteiger partial charge in [0.25, 0.3) is 0 Å². The third-order valence-corrected chi connectivity index (χ3v) is 2.02. The molecule has 1 aromatic rings. The lowest BCUT2D eigenvalue weighted by atomic mass is 10.0. The molecule has 2 N–H and O–H groups in total. The predicted molar refractivity (Wildman–Crippen MR) is 44.6 cm³/mol. The SMILES string of the molecule is Oc1cccc(C(F)C(F)(F)C(F)(F)F)c1O. The second-order valence-electron chi connectivity index (χ2n) is 3.20. The third kappa shape index (κ3) is 2.25. The minimum Gasteiger partial charge on any atom is -0.504 e. The molecular formula is C9H6F6O2. The number of hydrogen-bond acceptors (Lipinski definition) is 2. The van der Waals surface area contributed by atoms with E-state index in [9.17, 15) is 26.3 Å². The number of phenolic OH excluding ortho intramolecular Hbond substituents is 2. The van der Waals surface area contributed by atoms with Crippen molar-refractivity contribution in [1.29, 1.82) is 0 Å². The quantitative estimate of drug-likeness (QED) is 0.632. The lowest BCUT2D eigenvalue weighted by Gasteiger charge is -2.23. The topological polar surface area (TPSA) is 40.5 Å². The summed E-state index contributed by atoms with van der Waals surface area (Å²) in [6.07, 6.45) is -9.89. The maximum Gasteiger partial charge on any atom is 0.456 e. The Labute approximate surface area is 91.1 Å². The molecule has 0 aliphatic carbocycles. The normalized spacial score (nSPS) is 14.7. The minimum atomic E-state index is -6.09. The maximum atomic E-state index is 13.1. The standard InChI is InChI=1S/C9H6F6O2/c10-7(8(11,12)9(13,14)15)4-2-1-3-5(16)6(4)17/h1-3,7,16-17H. The molecule has 96 valence electrons. The number of alkyl halides is 6. The molecule has 0 saturated carbocycles. The Morgan fingerprint density at radius 3 is 2.00 bits per heavy atom. The van der Waals surface area contributed by atoms with E-state index in [0.717, 1.165) is 12.1 Å². The molecule has 1 rings (SSSR count). The number of hydrogen-bond donors (Lipinski definition) is 2. The van der Waals surface area contributed by atoms with Crippen LogP contribution in [0.5, 0.6) is 11.5 Å². The van der Waals surface area contributed by atoms with Gasteiger partial charge in [0, 0.05) is 5.56 Å². The first kappa shape index (κ1) is 13.5. The molecule has 0 amide bonds. The van der Waals surface area contributed by atoms with Crippen LogP contribution in [-0.4, -0.2) is 22.3 Å². The summed E-state index contributed by atoms with van der Waals surface area (Å²) < 4.78 is 74.0. The number of benzene rings is 1. The Kier molecular flexibility index (Phi) is 3.17. The van der Waals surface area contributed by atoms with Crippen LogP contribution in [0.1, 0.15) is 11.7 Å². The Hall–Kier alpha value is -1.60. The fourth-order valence-electron chi connectivity index (χ4n) is 1.09. The van der Waals surface area contributed by atoms with Crippen molar-refractivity contribution in [2.24, 2.45) is 0 Å². The molecule has 0 spiro atoms. The van der Waals surface area contributed by atoms with Gasteiger partial charge < -0.3 is 10.2 Å². The molecule has 8 heteroatoms. The van der Waals surface area contributed by atoms with Gasteiger partial charge in [-0.2, -0.15) is 22.0 Å². The van der Waals surface area contributed by atoms with Gasteiger partial charge in [0.2, 0.25) is 6.17 Å². The van der Waals surface area contributed by atoms with Crippen LogP contribution in [0.3, 0.4) is 0 Å². The molecule has 0 radical (unpaired) electrons. The lowest BCUT2D eigenvalue weighted by molar-refractivity contribution is -0.305. The first-order valence-corrected chi connectivity index (χ1v) is 4.18. The number of para-hydroxylation sites is 1. The van der Waals surface area contributed by atoms with E-state index >= 15 is 0 Å². The molecule has 0 fully saturated rings. The summed E-state index contributed by atoms with van der Waals surface area (Å²) in [6.45, 7) is 0. The molecule has 0 aromatic heterocycles. The third-order valence-electron chi connectivity index (χ3n) is 2.02. The zero-order chi connectivity index (χ0) is 13.4. The largest absolute Gasteiger partial charge is 0.504 e. The van der Waals surface area contributed by atoms with Crippen LogP contribution in [0.25, 0.3) is 0 Å². The second-order valence-corrected chi connectivity index (χ2v) is 3.20. The van der Waals surface area contributed by atoms with Gasteiger partial charge in [0.05, 0.1) is 0 Å². The van der Waals surface area contributed by atoms with Crippen LogP contribution in [0, 0.1) is 0 Å². The monoisotopic (exact) mass is 260 g/mol. The van der Waals surface area contributed by atoms with Crippen molar-refractivity contribution in [3.63, 3.8) is 0 Å². The minimum absolute atomic E-state index is 0.527. The molecule has 1 atom stereocenters. The second kappa shape index (κ2) is 4.01. The fourth-order valence-corrected chi connectivity index (χ4v) is 1.09. The van der Waals surface area contributed by atoms with Crippen molar-refractivity contribution >= 4 is 0 Å². The number of halogens is 6. The highest BCUT2D eigenvalue weighted by molar-refractivity contribution is 5.46. The van der Waals surface area contributed by atoms with Crippen LogP contribution >= 0.6 is 0 Å². The van der Waals surface area contributed by atoms with Gasteiger partial charge in [-0.15, -0.1) is 0 Å².